The van der Waals surface area contributed by atoms with Crippen LogP contribution in [0.5, 0.6) is 0 Å². The Hall–Kier alpha value is -2.56. The van der Waals surface area contributed by atoms with E-state index < -0.39 is 5.91 Å². The van der Waals surface area contributed by atoms with Crippen LogP contribution in [-0.2, 0) is 9.53 Å². The number of anilines is 1. The maximum atomic E-state index is 12.9. The molecule has 1 aromatic carbocycles. The van der Waals surface area contributed by atoms with Gasteiger partial charge in [0, 0.05) is 43.6 Å². The second-order valence-corrected chi connectivity index (χ2v) is 8.72. The highest BCUT2D eigenvalue weighted by molar-refractivity contribution is 7.15. The number of benzene rings is 1. The zero-order valence-electron chi connectivity index (χ0n) is 17.8. The second-order valence-electron chi connectivity index (χ2n) is 7.31. The SMILES string of the molecule is CCOCCCNC(=O)C1CCCN(C(=O)c2nnc(C(=O)Nc3cccc(Cl)c3)s2)C1. The fraction of sp³-hybridized carbons (Fsp3) is 0.476. The number of piperidine rings is 1. The first kappa shape index (κ1) is 24.1. The summed E-state index contributed by atoms with van der Waals surface area (Å²) in [7, 11) is 0. The van der Waals surface area contributed by atoms with Crippen molar-refractivity contribution in [1.82, 2.24) is 20.4 Å². The summed E-state index contributed by atoms with van der Waals surface area (Å²) in [5, 5.41) is 14.0. The average Bonchev–Trinajstić information content (AvgIpc) is 3.29. The molecule has 9 nitrogen and oxygen atoms in total. The van der Waals surface area contributed by atoms with Gasteiger partial charge in [-0.1, -0.05) is 29.0 Å². The van der Waals surface area contributed by atoms with E-state index in [9.17, 15) is 14.4 Å². The lowest BCUT2D eigenvalue weighted by Gasteiger charge is -2.31. The van der Waals surface area contributed by atoms with Crippen LogP contribution in [0.25, 0.3) is 0 Å². The van der Waals surface area contributed by atoms with Crippen LogP contribution in [0.15, 0.2) is 24.3 Å². The summed E-state index contributed by atoms with van der Waals surface area (Å²) in [6, 6.07) is 6.73. The third-order valence-corrected chi connectivity index (χ3v) is 6.08. The Morgan fingerprint density at radius 1 is 1.28 bits per heavy atom. The first-order chi connectivity index (χ1) is 15.5. The molecule has 0 saturated carbocycles. The first-order valence-electron chi connectivity index (χ1n) is 10.5. The van der Waals surface area contributed by atoms with Crippen molar-refractivity contribution in [1.29, 1.82) is 0 Å². The van der Waals surface area contributed by atoms with Crippen LogP contribution in [0.4, 0.5) is 5.69 Å². The molecule has 3 amide bonds. The van der Waals surface area contributed by atoms with Gasteiger partial charge in [0.15, 0.2) is 0 Å². The second kappa shape index (κ2) is 11.9. The third kappa shape index (κ3) is 6.72. The summed E-state index contributed by atoms with van der Waals surface area (Å²) in [6.45, 7) is 4.60. The minimum absolute atomic E-state index is 0.0575. The molecule has 2 aromatic rings. The number of hydrogen-bond donors (Lipinski definition) is 2. The van der Waals surface area contributed by atoms with Crippen molar-refractivity contribution in [2.75, 3.05) is 38.2 Å². The maximum Gasteiger partial charge on any atom is 0.286 e. The van der Waals surface area contributed by atoms with Gasteiger partial charge in [0.1, 0.15) is 0 Å². The molecule has 1 unspecified atom stereocenters. The van der Waals surface area contributed by atoms with E-state index in [2.05, 4.69) is 20.8 Å². The molecule has 1 aromatic heterocycles. The minimum Gasteiger partial charge on any atom is -0.382 e. The van der Waals surface area contributed by atoms with Gasteiger partial charge in [0.25, 0.3) is 11.8 Å². The third-order valence-electron chi connectivity index (χ3n) is 4.93. The minimum atomic E-state index is -0.466. The van der Waals surface area contributed by atoms with Gasteiger partial charge in [-0.05, 0) is 44.4 Å². The number of rotatable bonds is 9. The van der Waals surface area contributed by atoms with Crippen LogP contribution >= 0.6 is 22.9 Å². The number of hydrogen-bond acceptors (Lipinski definition) is 7. The van der Waals surface area contributed by atoms with Crippen molar-refractivity contribution in [3.8, 4) is 0 Å². The zero-order valence-corrected chi connectivity index (χ0v) is 19.4. The number of halogens is 1. The number of aromatic nitrogens is 2. The van der Waals surface area contributed by atoms with E-state index in [0.717, 1.165) is 30.6 Å². The molecule has 0 bridgehead atoms. The summed E-state index contributed by atoms with van der Waals surface area (Å²) in [6.07, 6.45) is 2.20. The Bertz CT molecular complexity index is 954. The average molecular weight is 480 g/mol. The molecule has 32 heavy (non-hydrogen) atoms. The van der Waals surface area contributed by atoms with E-state index in [-0.39, 0.29) is 27.7 Å². The van der Waals surface area contributed by atoms with Gasteiger partial charge >= 0.3 is 0 Å². The number of nitrogens with zero attached hydrogens (tertiary/aromatic N) is 3. The van der Waals surface area contributed by atoms with Crippen LogP contribution in [0.2, 0.25) is 5.02 Å². The van der Waals surface area contributed by atoms with Gasteiger partial charge in [0.2, 0.25) is 15.9 Å². The molecular formula is C21H26ClN5O4S. The highest BCUT2D eigenvalue weighted by Gasteiger charge is 2.30. The van der Waals surface area contributed by atoms with Crippen LogP contribution in [0.1, 0.15) is 45.8 Å². The van der Waals surface area contributed by atoms with Gasteiger partial charge in [-0.3, -0.25) is 14.4 Å². The Labute approximate surface area is 195 Å². The van der Waals surface area contributed by atoms with Gasteiger partial charge in [-0.2, -0.15) is 0 Å². The summed E-state index contributed by atoms with van der Waals surface area (Å²) < 4.78 is 5.27. The molecule has 1 atom stereocenters. The summed E-state index contributed by atoms with van der Waals surface area (Å²) in [4.78, 5) is 39.3. The van der Waals surface area contributed by atoms with Crippen LogP contribution in [0, 0.1) is 5.92 Å². The van der Waals surface area contributed by atoms with E-state index in [0.29, 0.717) is 43.6 Å². The normalized spacial score (nSPS) is 15.9. The van der Waals surface area contributed by atoms with Crippen LogP contribution in [0.3, 0.4) is 0 Å². The van der Waals surface area contributed by atoms with Crippen LogP contribution < -0.4 is 10.6 Å². The van der Waals surface area contributed by atoms with E-state index >= 15 is 0 Å². The van der Waals surface area contributed by atoms with E-state index in [4.69, 9.17) is 16.3 Å². The Morgan fingerprint density at radius 2 is 2.09 bits per heavy atom. The largest absolute Gasteiger partial charge is 0.382 e. The molecule has 0 radical (unpaired) electrons. The summed E-state index contributed by atoms with van der Waals surface area (Å²) >= 11 is 6.85. The monoisotopic (exact) mass is 479 g/mol. The van der Waals surface area contributed by atoms with Crippen molar-refractivity contribution in [2.45, 2.75) is 26.2 Å². The molecule has 0 spiro atoms. The molecule has 2 N–H and O–H groups in total. The first-order valence-corrected chi connectivity index (χ1v) is 11.7. The highest BCUT2D eigenvalue weighted by atomic mass is 35.5. The number of nitrogens with one attached hydrogen (secondary N) is 2. The number of carbonyl (C=O) groups is 3. The van der Waals surface area contributed by atoms with Crippen molar-refractivity contribution in [3.63, 3.8) is 0 Å². The van der Waals surface area contributed by atoms with Crippen LogP contribution in [-0.4, -0.2) is 65.7 Å². The van der Waals surface area contributed by atoms with E-state index in [1.165, 1.54) is 0 Å². The van der Waals surface area contributed by atoms with Crippen molar-refractivity contribution >= 4 is 46.3 Å². The van der Waals surface area contributed by atoms with Gasteiger partial charge in [0.05, 0.1) is 5.92 Å². The number of carbonyl (C=O) groups excluding carboxylic acids is 3. The molecule has 1 fully saturated rings. The molecule has 172 valence electrons. The summed E-state index contributed by atoms with van der Waals surface area (Å²) in [5.74, 6) is -1.11. The molecular weight excluding hydrogens is 454 g/mol. The smallest absolute Gasteiger partial charge is 0.286 e. The van der Waals surface area contributed by atoms with Crippen molar-refractivity contribution in [3.05, 3.63) is 39.3 Å². The molecule has 2 heterocycles. The number of likely N-dealkylation sites (tertiary alicyclic amines) is 1. The lowest BCUT2D eigenvalue weighted by atomic mass is 9.97. The molecule has 0 aliphatic carbocycles. The molecule has 1 aliphatic heterocycles. The molecule has 3 rings (SSSR count). The molecule has 1 saturated heterocycles. The predicted octanol–water partition coefficient (Wildman–Crippen LogP) is 2.84. The quantitative estimate of drug-likeness (QED) is 0.534. The summed E-state index contributed by atoms with van der Waals surface area (Å²) in [5.41, 5.74) is 0.525. The molecule has 11 heteroatoms. The van der Waals surface area contributed by atoms with E-state index in [1.807, 2.05) is 6.92 Å². The lowest BCUT2D eigenvalue weighted by molar-refractivity contribution is -0.126. The standard InChI is InChI=1S/C21H26ClN5O4S/c1-2-31-11-5-9-23-17(28)14-6-4-10-27(13-14)21(30)20-26-25-19(32-20)18(29)24-16-8-3-7-15(22)12-16/h3,7-8,12,14H,2,4-6,9-11,13H2,1H3,(H,23,28)(H,24,29). The fourth-order valence-electron chi connectivity index (χ4n) is 3.34. The fourth-order valence-corrected chi connectivity index (χ4v) is 4.23. The van der Waals surface area contributed by atoms with Crippen molar-refractivity contribution in [2.24, 2.45) is 5.92 Å². The Balaban J connectivity index is 1.53. The zero-order chi connectivity index (χ0) is 22.9. The van der Waals surface area contributed by atoms with Gasteiger partial charge in [-0.15, -0.1) is 10.2 Å². The highest BCUT2D eigenvalue weighted by Crippen LogP contribution is 2.21. The Morgan fingerprint density at radius 3 is 2.88 bits per heavy atom. The maximum absolute atomic E-state index is 12.9. The molecule has 1 aliphatic rings. The van der Waals surface area contributed by atoms with Gasteiger partial charge in [-0.25, -0.2) is 0 Å². The predicted molar refractivity (Wildman–Crippen MR) is 122 cm³/mol. The van der Waals surface area contributed by atoms with Gasteiger partial charge < -0.3 is 20.3 Å². The van der Waals surface area contributed by atoms with E-state index in [1.54, 1.807) is 29.2 Å². The van der Waals surface area contributed by atoms with Crippen molar-refractivity contribution < 1.29 is 19.1 Å². The topological polar surface area (TPSA) is 114 Å². The number of amides is 3. The Kier molecular flexibility index (Phi) is 8.95. The lowest BCUT2D eigenvalue weighted by Crippen LogP contribution is -2.45. The number of ether oxygens (including phenoxy) is 1.